The zero-order valence-electron chi connectivity index (χ0n) is 9.48. The van der Waals surface area contributed by atoms with Gasteiger partial charge in [-0.1, -0.05) is 30.3 Å². The Morgan fingerprint density at radius 1 is 1.22 bits per heavy atom. The number of anilines is 1. The summed E-state index contributed by atoms with van der Waals surface area (Å²) in [6.07, 6.45) is 0.137. The number of aromatic nitrogens is 1. The van der Waals surface area contributed by atoms with E-state index in [2.05, 4.69) is 10.3 Å². The maximum Gasteiger partial charge on any atom is 0.168 e. The fraction of sp³-hybridized carbons (Fsp3) is 0.154. The first-order valence-corrected chi connectivity index (χ1v) is 5.45. The smallest absolute Gasteiger partial charge is 0.168 e. The zero-order valence-corrected chi connectivity index (χ0v) is 9.48. The third kappa shape index (κ3) is 3.01. The number of nitrogens with zero attached hydrogens (tertiary/aromatic N) is 1. The first kappa shape index (κ1) is 12.4. The van der Waals surface area contributed by atoms with Gasteiger partial charge >= 0.3 is 0 Å². The molecule has 94 valence electrons. The van der Waals surface area contributed by atoms with Crippen LogP contribution in [-0.2, 0) is 0 Å². The van der Waals surface area contributed by atoms with Crippen molar-refractivity contribution in [3.05, 3.63) is 59.8 Å². The molecule has 0 radical (unpaired) electrons. The van der Waals surface area contributed by atoms with Crippen molar-refractivity contribution in [2.75, 3.05) is 11.9 Å². The Labute approximate surface area is 103 Å². The van der Waals surface area contributed by atoms with Gasteiger partial charge in [0.05, 0.1) is 12.3 Å². The maximum absolute atomic E-state index is 13.3. The Kier molecular flexibility index (Phi) is 3.84. The maximum atomic E-state index is 13.3. The molecule has 1 unspecified atom stereocenters. The van der Waals surface area contributed by atoms with Crippen LogP contribution < -0.4 is 5.32 Å². The van der Waals surface area contributed by atoms with Crippen LogP contribution in [0.3, 0.4) is 0 Å². The summed E-state index contributed by atoms with van der Waals surface area (Å²) in [6.45, 7) is 0.0968. The van der Waals surface area contributed by atoms with Crippen LogP contribution in [0.5, 0.6) is 0 Å². The van der Waals surface area contributed by atoms with Crippen molar-refractivity contribution in [3.8, 4) is 0 Å². The lowest BCUT2D eigenvalue weighted by atomic mass is 10.1. The Morgan fingerprint density at radius 3 is 2.61 bits per heavy atom. The van der Waals surface area contributed by atoms with E-state index in [1.165, 1.54) is 0 Å². The average molecular weight is 250 g/mol. The van der Waals surface area contributed by atoms with Gasteiger partial charge in [-0.2, -0.15) is 0 Å². The second-order valence-corrected chi connectivity index (χ2v) is 3.79. The third-order valence-corrected chi connectivity index (χ3v) is 2.46. The van der Waals surface area contributed by atoms with Gasteiger partial charge in [0.15, 0.2) is 11.6 Å². The van der Waals surface area contributed by atoms with Crippen LogP contribution >= 0.6 is 0 Å². The second kappa shape index (κ2) is 5.55. The number of benzene rings is 1. The molecule has 18 heavy (non-hydrogen) atoms. The van der Waals surface area contributed by atoms with Gasteiger partial charge in [-0.3, -0.25) is 0 Å². The van der Waals surface area contributed by atoms with E-state index < -0.39 is 17.7 Å². The molecular formula is C13H12F2N2O. The largest absolute Gasteiger partial charge is 0.387 e. The van der Waals surface area contributed by atoms with Crippen LogP contribution in [0.25, 0.3) is 0 Å². The van der Waals surface area contributed by atoms with Crippen LogP contribution in [0.15, 0.2) is 42.6 Å². The highest BCUT2D eigenvalue weighted by molar-refractivity contribution is 5.36. The Hall–Kier alpha value is -2.01. The third-order valence-electron chi connectivity index (χ3n) is 2.46. The fourth-order valence-electron chi connectivity index (χ4n) is 1.53. The summed E-state index contributed by atoms with van der Waals surface area (Å²) >= 11 is 0. The highest BCUT2D eigenvalue weighted by atomic mass is 19.1. The van der Waals surface area contributed by atoms with Gasteiger partial charge in [0, 0.05) is 12.6 Å². The predicted molar refractivity (Wildman–Crippen MR) is 64.0 cm³/mol. The van der Waals surface area contributed by atoms with E-state index in [4.69, 9.17) is 0 Å². The zero-order chi connectivity index (χ0) is 13.0. The molecule has 1 atom stereocenters. The first-order valence-electron chi connectivity index (χ1n) is 5.45. The number of hydrogen-bond donors (Lipinski definition) is 2. The lowest BCUT2D eigenvalue weighted by Gasteiger charge is -2.12. The summed E-state index contributed by atoms with van der Waals surface area (Å²) in [6, 6.07) is 9.71. The lowest BCUT2D eigenvalue weighted by Crippen LogP contribution is -2.14. The van der Waals surface area contributed by atoms with Crippen molar-refractivity contribution in [1.82, 2.24) is 4.98 Å². The van der Waals surface area contributed by atoms with Crippen LogP contribution in [0.1, 0.15) is 11.7 Å². The minimum Gasteiger partial charge on any atom is -0.387 e. The summed E-state index contributed by atoms with van der Waals surface area (Å²) in [7, 11) is 0. The van der Waals surface area contributed by atoms with E-state index >= 15 is 0 Å². The van der Waals surface area contributed by atoms with E-state index in [0.717, 1.165) is 12.3 Å². The average Bonchev–Trinajstić information content (AvgIpc) is 2.38. The van der Waals surface area contributed by atoms with Gasteiger partial charge in [0.2, 0.25) is 0 Å². The summed E-state index contributed by atoms with van der Waals surface area (Å²) in [5.74, 6) is -1.59. The normalized spacial score (nSPS) is 12.2. The molecular weight excluding hydrogens is 238 g/mol. The monoisotopic (exact) mass is 250 g/mol. The van der Waals surface area contributed by atoms with Gasteiger partial charge in [-0.05, 0) is 5.56 Å². The number of aliphatic hydroxyl groups is 1. The summed E-state index contributed by atoms with van der Waals surface area (Å²) in [5.41, 5.74) is 0.715. The number of hydrogen-bond acceptors (Lipinski definition) is 3. The van der Waals surface area contributed by atoms with Crippen LogP contribution in [0, 0.1) is 11.6 Å². The molecule has 0 saturated heterocycles. The van der Waals surface area contributed by atoms with Gasteiger partial charge in [-0.25, -0.2) is 13.8 Å². The second-order valence-electron chi connectivity index (χ2n) is 3.79. The van der Waals surface area contributed by atoms with Crippen molar-refractivity contribution in [3.63, 3.8) is 0 Å². The summed E-state index contributed by atoms with van der Waals surface area (Å²) in [4.78, 5) is 3.57. The van der Waals surface area contributed by atoms with Crippen molar-refractivity contribution in [2.45, 2.75) is 6.10 Å². The predicted octanol–water partition coefficient (Wildman–Crippen LogP) is 2.51. The van der Waals surface area contributed by atoms with Crippen molar-refractivity contribution in [2.24, 2.45) is 0 Å². The van der Waals surface area contributed by atoms with E-state index in [1.54, 1.807) is 24.3 Å². The number of halogens is 2. The molecule has 1 aromatic carbocycles. The van der Waals surface area contributed by atoms with Gasteiger partial charge in [-0.15, -0.1) is 0 Å². The summed E-state index contributed by atoms with van der Waals surface area (Å²) < 4.78 is 25.9. The molecule has 1 aromatic heterocycles. The first-order chi connectivity index (χ1) is 8.66. The standard InChI is InChI=1S/C13H12F2N2O/c14-10-6-11(15)13(16-7-10)17-8-12(18)9-4-2-1-3-5-9/h1-7,12,18H,8H2,(H,16,17). The summed E-state index contributed by atoms with van der Waals surface area (Å²) in [5, 5.41) is 12.5. The number of rotatable bonds is 4. The molecule has 0 aliphatic rings. The molecule has 0 aliphatic heterocycles. The molecule has 0 amide bonds. The van der Waals surface area contributed by atoms with Crippen molar-refractivity contribution < 1.29 is 13.9 Å². The van der Waals surface area contributed by atoms with E-state index in [-0.39, 0.29) is 12.4 Å². The fourth-order valence-corrected chi connectivity index (χ4v) is 1.53. The quantitative estimate of drug-likeness (QED) is 0.876. The minimum absolute atomic E-state index is 0.0774. The van der Waals surface area contributed by atoms with Crippen LogP contribution in [-0.4, -0.2) is 16.6 Å². The Balaban J connectivity index is 1.99. The van der Waals surface area contributed by atoms with Crippen LogP contribution in [0.4, 0.5) is 14.6 Å². The number of nitrogens with one attached hydrogen (secondary N) is 1. The molecule has 2 N–H and O–H groups in total. The molecule has 0 saturated carbocycles. The SMILES string of the molecule is OC(CNc1ncc(F)cc1F)c1ccccc1. The van der Waals surface area contributed by atoms with Gasteiger partial charge in [0.25, 0.3) is 0 Å². The molecule has 2 rings (SSSR count). The van der Waals surface area contributed by atoms with E-state index in [1.807, 2.05) is 6.07 Å². The van der Waals surface area contributed by atoms with E-state index in [0.29, 0.717) is 5.56 Å². The van der Waals surface area contributed by atoms with E-state index in [9.17, 15) is 13.9 Å². The molecule has 2 aromatic rings. The topological polar surface area (TPSA) is 45.1 Å². The molecule has 1 heterocycles. The van der Waals surface area contributed by atoms with Gasteiger partial charge in [0.1, 0.15) is 5.82 Å². The highest BCUT2D eigenvalue weighted by Gasteiger charge is 2.09. The Morgan fingerprint density at radius 2 is 1.94 bits per heavy atom. The molecule has 5 heteroatoms. The Bertz CT molecular complexity index is 520. The molecule has 0 fully saturated rings. The lowest BCUT2D eigenvalue weighted by molar-refractivity contribution is 0.191. The van der Waals surface area contributed by atoms with Crippen LogP contribution in [0.2, 0.25) is 0 Å². The molecule has 0 spiro atoms. The minimum atomic E-state index is -0.782. The van der Waals surface area contributed by atoms with Crippen molar-refractivity contribution in [1.29, 1.82) is 0 Å². The number of aliphatic hydroxyl groups excluding tert-OH is 1. The molecule has 0 aliphatic carbocycles. The van der Waals surface area contributed by atoms with Gasteiger partial charge < -0.3 is 10.4 Å². The number of pyridine rings is 1. The van der Waals surface area contributed by atoms with Crippen molar-refractivity contribution >= 4 is 5.82 Å². The molecule has 0 bridgehead atoms. The highest BCUT2D eigenvalue weighted by Crippen LogP contribution is 2.15. The molecule has 3 nitrogen and oxygen atoms in total.